The maximum atomic E-state index is 12.1. The lowest BCUT2D eigenvalue weighted by Crippen LogP contribution is -2.50. The molecule has 2 aliphatic rings. The van der Waals surface area contributed by atoms with Crippen molar-refractivity contribution < 1.29 is 4.79 Å². The number of hydrogen-bond donors (Lipinski definition) is 3. The second kappa shape index (κ2) is 10.6. The van der Waals surface area contributed by atoms with E-state index in [0.29, 0.717) is 24.9 Å². The first-order valence-electron chi connectivity index (χ1n) is 11.2. The highest BCUT2D eigenvalue weighted by Gasteiger charge is 2.26. The molecular formula is C23H37N5O. The van der Waals surface area contributed by atoms with Gasteiger partial charge in [-0.15, -0.1) is 0 Å². The van der Waals surface area contributed by atoms with Crippen LogP contribution in [0.15, 0.2) is 29.3 Å². The van der Waals surface area contributed by atoms with Crippen LogP contribution in [0.5, 0.6) is 0 Å². The Labute approximate surface area is 175 Å². The zero-order valence-corrected chi connectivity index (χ0v) is 18.2. The van der Waals surface area contributed by atoms with Crippen molar-refractivity contribution in [3.05, 3.63) is 29.8 Å². The number of rotatable bonds is 6. The second-order valence-corrected chi connectivity index (χ2v) is 8.63. The fraction of sp³-hybridized carbons (Fsp3) is 0.652. The fourth-order valence-corrected chi connectivity index (χ4v) is 4.54. The van der Waals surface area contributed by atoms with Crippen LogP contribution in [0.1, 0.15) is 57.4 Å². The quantitative estimate of drug-likeness (QED) is 0.508. The van der Waals surface area contributed by atoms with Gasteiger partial charge >= 0.3 is 0 Å². The molecule has 0 radical (unpaired) electrons. The SMILES string of the molecule is CN=C(NCC1CC(=O)Nc2ccccc21)NCC(C(C)C)N1CCCCCC1. The predicted molar refractivity (Wildman–Crippen MR) is 120 cm³/mol. The number of carbonyl (C=O) groups is 1. The van der Waals surface area contributed by atoms with E-state index >= 15 is 0 Å². The van der Waals surface area contributed by atoms with Gasteiger partial charge in [-0.2, -0.15) is 0 Å². The summed E-state index contributed by atoms with van der Waals surface area (Å²) in [6, 6.07) is 8.58. The molecule has 0 aromatic heterocycles. The van der Waals surface area contributed by atoms with Crippen LogP contribution in [-0.4, -0.2) is 56.0 Å². The van der Waals surface area contributed by atoms with E-state index in [2.05, 4.69) is 45.8 Å². The summed E-state index contributed by atoms with van der Waals surface area (Å²) in [5, 5.41) is 9.96. The van der Waals surface area contributed by atoms with E-state index in [9.17, 15) is 4.79 Å². The number of benzene rings is 1. The summed E-state index contributed by atoms with van der Waals surface area (Å²) in [4.78, 5) is 19.1. The van der Waals surface area contributed by atoms with Crippen LogP contribution in [0.3, 0.4) is 0 Å². The van der Waals surface area contributed by atoms with Crippen molar-refractivity contribution >= 4 is 17.6 Å². The molecule has 2 heterocycles. The van der Waals surface area contributed by atoms with Gasteiger partial charge in [-0.1, -0.05) is 44.9 Å². The number of hydrogen-bond acceptors (Lipinski definition) is 3. The van der Waals surface area contributed by atoms with Crippen LogP contribution in [0.4, 0.5) is 5.69 Å². The Morgan fingerprint density at radius 3 is 2.59 bits per heavy atom. The molecule has 160 valence electrons. The van der Waals surface area contributed by atoms with Gasteiger partial charge in [0.25, 0.3) is 0 Å². The molecule has 6 nitrogen and oxygen atoms in total. The third kappa shape index (κ3) is 5.95. The highest BCUT2D eigenvalue weighted by Crippen LogP contribution is 2.31. The van der Waals surface area contributed by atoms with Crippen molar-refractivity contribution in [3.8, 4) is 0 Å². The molecular weight excluding hydrogens is 362 g/mol. The Morgan fingerprint density at radius 2 is 1.90 bits per heavy atom. The number of amides is 1. The Bertz CT molecular complexity index is 694. The number of likely N-dealkylation sites (tertiary alicyclic amines) is 1. The Kier molecular flexibility index (Phi) is 7.92. The van der Waals surface area contributed by atoms with Crippen LogP contribution in [0, 0.1) is 5.92 Å². The molecule has 0 aliphatic carbocycles. The van der Waals surface area contributed by atoms with Crippen molar-refractivity contribution in [2.45, 2.75) is 57.9 Å². The maximum absolute atomic E-state index is 12.1. The van der Waals surface area contributed by atoms with Crippen molar-refractivity contribution in [2.24, 2.45) is 10.9 Å². The molecule has 1 aromatic rings. The Balaban J connectivity index is 1.56. The normalized spacial score (nSPS) is 21.9. The number of fused-ring (bicyclic) bond motifs is 1. The number of carbonyl (C=O) groups excluding carboxylic acids is 1. The first-order valence-corrected chi connectivity index (χ1v) is 11.2. The van der Waals surface area contributed by atoms with Crippen LogP contribution in [0.25, 0.3) is 0 Å². The van der Waals surface area contributed by atoms with Gasteiger partial charge in [0.15, 0.2) is 5.96 Å². The smallest absolute Gasteiger partial charge is 0.225 e. The predicted octanol–water partition coefficient (Wildman–Crippen LogP) is 3.18. The van der Waals surface area contributed by atoms with Gasteiger partial charge in [-0.25, -0.2) is 0 Å². The van der Waals surface area contributed by atoms with E-state index in [1.807, 2.05) is 25.2 Å². The zero-order valence-electron chi connectivity index (χ0n) is 18.2. The fourth-order valence-electron chi connectivity index (χ4n) is 4.54. The highest BCUT2D eigenvalue weighted by atomic mass is 16.1. The van der Waals surface area contributed by atoms with Gasteiger partial charge in [0, 0.05) is 44.2 Å². The molecule has 0 bridgehead atoms. The number of para-hydroxylation sites is 1. The summed E-state index contributed by atoms with van der Waals surface area (Å²) in [6.07, 6.45) is 5.82. The molecule has 0 saturated carbocycles. The van der Waals surface area contributed by atoms with Gasteiger partial charge in [-0.05, 0) is 43.5 Å². The van der Waals surface area contributed by atoms with Crippen molar-refractivity contribution in [2.75, 3.05) is 38.5 Å². The van der Waals surface area contributed by atoms with E-state index in [4.69, 9.17) is 0 Å². The molecule has 3 rings (SSSR count). The number of nitrogens with zero attached hydrogens (tertiary/aromatic N) is 2. The number of aliphatic imine (C=N–C) groups is 1. The summed E-state index contributed by atoms with van der Waals surface area (Å²) in [5.74, 6) is 1.64. The summed E-state index contributed by atoms with van der Waals surface area (Å²) in [6.45, 7) is 8.60. The number of nitrogens with one attached hydrogen (secondary N) is 3. The van der Waals surface area contributed by atoms with E-state index in [0.717, 1.165) is 18.2 Å². The Hall–Kier alpha value is -2.08. The molecule has 1 amide bonds. The largest absolute Gasteiger partial charge is 0.356 e. The minimum atomic E-state index is 0.0829. The minimum Gasteiger partial charge on any atom is -0.356 e. The maximum Gasteiger partial charge on any atom is 0.225 e. The Morgan fingerprint density at radius 1 is 1.17 bits per heavy atom. The van der Waals surface area contributed by atoms with Gasteiger partial charge in [0.2, 0.25) is 5.91 Å². The second-order valence-electron chi connectivity index (χ2n) is 8.63. The monoisotopic (exact) mass is 399 g/mol. The number of anilines is 1. The topological polar surface area (TPSA) is 68.8 Å². The average molecular weight is 400 g/mol. The van der Waals surface area contributed by atoms with E-state index in [-0.39, 0.29) is 11.8 Å². The summed E-state index contributed by atoms with van der Waals surface area (Å²) < 4.78 is 0. The van der Waals surface area contributed by atoms with Gasteiger partial charge in [0.1, 0.15) is 0 Å². The van der Waals surface area contributed by atoms with Crippen molar-refractivity contribution in [1.82, 2.24) is 15.5 Å². The lowest BCUT2D eigenvalue weighted by molar-refractivity contribution is -0.116. The third-order valence-electron chi connectivity index (χ3n) is 6.20. The third-order valence-corrected chi connectivity index (χ3v) is 6.20. The molecule has 1 saturated heterocycles. The minimum absolute atomic E-state index is 0.0829. The summed E-state index contributed by atoms with van der Waals surface area (Å²) >= 11 is 0. The van der Waals surface area contributed by atoms with Crippen LogP contribution < -0.4 is 16.0 Å². The van der Waals surface area contributed by atoms with E-state index in [1.165, 1.54) is 44.3 Å². The standard InChI is InChI=1S/C23H37N5O/c1-17(2)21(28-12-8-4-5-9-13-28)16-26-23(24-3)25-15-18-14-22(29)27-20-11-7-6-10-19(18)20/h6-7,10-11,17-18,21H,4-5,8-9,12-16H2,1-3H3,(H,27,29)(H2,24,25,26). The molecule has 0 spiro atoms. The molecule has 1 aromatic carbocycles. The van der Waals surface area contributed by atoms with Gasteiger partial charge < -0.3 is 16.0 Å². The molecule has 2 unspecified atom stereocenters. The van der Waals surface area contributed by atoms with Crippen molar-refractivity contribution in [3.63, 3.8) is 0 Å². The van der Waals surface area contributed by atoms with E-state index in [1.54, 1.807) is 0 Å². The van der Waals surface area contributed by atoms with Gasteiger partial charge in [-0.3, -0.25) is 14.7 Å². The molecule has 6 heteroatoms. The first kappa shape index (κ1) is 21.6. The summed E-state index contributed by atoms with van der Waals surface area (Å²) in [7, 11) is 1.81. The van der Waals surface area contributed by atoms with Crippen LogP contribution in [-0.2, 0) is 4.79 Å². The highest BCUT2D eigenvalue weighted by molar-refractivity contribution is 5.94. The molecule has 3 N–H and O–H groups in total. The molecule has 2 atom stereocenters. The van der Waals surface area contributed by atoms with E-state index < -0.39 is 0 Å². The lowest BCUT2D eigenvalue weighted by Gasteiger charge is -2.34. The zero-order chi connectivity index (χ0) is 20.6. The molecule has 2 aliphatic heterocycles. The summed E-state index contributed by atoms with van der Waals surface area (Å²) in [5.41, 5.74) is 2.12. The lowest BCUT2D eigenvalue weighted by atomic mass is 9.90. The molecule has 29 heavy (non-hydrogen) atoms. The number of guanidine groups is 1. The van der Waals surface area contributed by atoms with Crippen LogP contribution >= 0.6 is 0 Å². The van der Waals surface area contributed by atoms with Crippen molar-refractivity contribution in [1.29, 1.82) is 0 Å². The van der Waals surface area contributed by atoms with Crippen LogP contribution in [0.2, 0.25) is 0 Å². The molecule has 1 fully saturated rings. The first-order chi connectivity index (χ1) is 14.1. The average Bonchev–Trinajstić information content (AvgIpc) is 2.99. The van der Waals surface area contributed by atoms with Gasteiger partial charge in [0.05, 0.1) is 0 Å².